The van der Waals surface area contributed by atoms with Gasteiger partial charge in [-0.1, -0.05) is 46.3 Å². The van der Waals surface area contributed by atoms with Gasteiger partial charge in [-0.05, 0) is 43.9 Å². The van der Waals surface area contributed by atoms with Gasteiger partial charge in [-0.2, -0.15) is 5.10 Å². The van der Waals surface area contributed by atoms with E-state index in [2.05, 4.69) is 62.6 Å². The number of aromatic nitrogens is 4. The number of aromatic hydroxyl groups is 1. The minimum absolute atomic E-state index is 0.0356. The number of halogens is 2. The number of phenolic OH excluding ortho intramolecular Hbond substituents is 1. The Morgan fingerprint density at radius 3 is 2.55 bits per heavy atom. The molecule has 4 rings (SSSR count). The summed E-state index contributed by atoms with van der Waals surface area (Å²) in [6, 6.07) is 13.2. The maximum absolute atomic E-state index is 10.5. The zero-order chi connectivity index (χ0) is 20.4. The van der Waals surface area contributed by atoms with Crippen LogP contribution in [0.25, 0.3) is 11.3 Å². The van der Waals surface area contributed by atoms with Gasteiger partial charge < -0.3 is 16.3 Å². The Labute approximate surface area is 181 Å². The van der Waals surface area contributed by atoms with Gasteiger partial charge in [0.15, 0.2) is 5.82 Å². The number of hydrogen-bond donors (Lipinski definition) is 3. The molecule has 0 radical (unpaired) electrons. The molecule has 0 fully saturated rings. The molecule has 29 heavy (non-hydrogen) atoms. The molecule has 0 bridgehead atoms. The Kier molecular flexibility index (Phi) is 5.41. The highest BCUT2D eigenvalue weighted by Crippen LogP contribution is 2.34. The molecule has 146 valence electrons. The summed E-state index contributed by atoms with van der Waals surface area (Å²) in [5.41, 5.74) is 2.35. The lowest BCUT2D eigenvalue weighted by Gasteiger charge is -2.13. The zero-order valence-electron chi connectivity index (χ0n) is 14.7. The van der Waals surface area contributed by atoms with Crippen molar-refractivity contribution in [1.29, 1.82) is 0 Å². The van der Waals surface area contributed by atoms with Crippen LogP contribution in [-0.2, 0) is 6.54 Å². The monoisotopic (exact) mass is 517 g/mol. The fourth-order valence-corrected chi connectivity index (χ4v) is 3.94. The summed E-state index contributed by atoms with van der Waals surface area (Å²) in [4.78, 5) is 8.89. The first-order valence-corrected chi connectivity index (χ1v) is 9.90. The molecule has 2 heterocycles. The predicted octanol–water partition coefficient (Wildman–Crippen LogP) is 3.57. The number of phenols is 1. The van der Waals surface area contributed by atoms with E-state index in [4.69, 9.17) is 10.5 Å². The molecule has 0 saturated carbocycles. The number of nitrogens with one attached hydrogen (secondary N) is 1. The second-order valence-electron chi connectivity index (χ2n) is 5.93. The van der Waals surface area contributed by atoms with Gasteiger partial charge in [-0.25, -0.2) is 14.6 Å². The van der Waals surface area contributed by atoms with Crippen LogP contribution < -0.4 is 11.2 Å². The molecule has 2 aromatic carbocycles. The van der Waals surface area contributed by atoms with Gasteiger partial charge in [0.1, 0.15) is 17.2 Å². The number of benzene rings is 2. The molecule has 0 amide bonds. The quantitative estimate of drug-likeness (QED) is 0.207. The van der Waals surface area contributed by atoms with Crippen molar-refractivity contribution < 1.29 is 9.74 Å². The lowest BCUT2D eigenvalue weighted by molar-refractivity contribution is 0.314. The lowest BCUT2D eigenvalue weighted by Crippen LogP contribution is -2.15. The highest BCUT2D eigenvalue weighted by atomic mass is 79.9. The Balaban J connectivity index is 1.82. The van der Waals surface area contributed by atoms with E-state index in [-0.39, 0.29) is 22.8 Å². The SMILES string of the molecule is NN=C(c1cc(Br)cc(Br)c1O)c1nc2nonc2nc1NCc1ccccc1. The summed E-state index contributed by atoms with van der Waals surface area (Å²) < 4.78 is 5.92. The van der Waals surface area contributed by atoms with Gasteiger partial charge in [0, 0.05) is 16.6 Å². The van der Waals surface area contributed by atoms with Crippen molar-refractivity contribution in [2.75, 3.05) is 5.32 Å². The van der Waals surface area contributed by atoms with E-state index in [9.17, 15) is 5.11 Å². The third-order valence-corrected chi connectivity index (χ3v) is 5.12. The standard InChI is InChI=1S/C18H13Br2N7O2/c19-10-6-11(15(28)12(20)7-10)13(25-21)14-16(22-8-9-4-2-1-3-5-9)24-18-17(23-14)26-29-27-18/h1-7,28H,8,21H2,(H,22,24,27). The van der Waals surface area contributed by atoms with Gasteiger partial charge in [0.2, 0.25) is 11.3 Å². The Morgan fingerprint density at radius 1 is 1.10 bits per heavy atom. The van der Waals surface area contributed by atoms with E-state index in [1.54, 1.807) is 12.1 Å². The molecule has 0 aliphatic rings. The molecule has 0 spiro atoms. The summed E-state index contributed by atoms with van der Waals surface area (Å²) in [6.07, 6.45) is 0. The minimum atomic E-state index is -0.0356. The van der Waals surface area contributed by atoms with Crippen LogP contribution in [0.15, 0.2) is 61.1 Å². The molecule has 0 atom stereocenters. The van der Waals surface area contributed by atoms with Crippen molar-refractivity contribution in [3.05, 3.63) is 68.2 Å². The maximum Gasteiger partial charge on any atom is 0.245 e. The number of anilines is 1. The summed E-state index contributed by atoms with van der Waals surface area (Å²) in [5.74, 6) is 6.03. The Morgan fingerprint density at radius 2 is 1.83 bits per heavy atom. The summed E-state index contributed by atoms with van der Waals surface area (Å²) in [7, 11) is 0. The average Bonchev–Trinajstić information content (AvgIpc) is 3.18. The molecule has 0 aliphatic carbocycles. The van der Waals surface area contributed by atoms with Crippen LogP contribution in [0.5, 0.6) is 5.75 Å². The molecule has 0 unspecified atom stereocenters. The van der Waals surface area contributed by atoms with Crippen molar-refractivity contribution >= 4 is 54.7 Å². The number of hydrazone groups is 1. The minimum Gasteiger partial charge on any atom is -0.506 e. The highest BCUT2D eigenvalue weighted by molar-refractivity contribution is 9.11. The van der Waals surface area contributed by atoms with E-state index < -0.39 is 0 Å². The molecule has 0 aliphatic heterocycles. The lowest BCUT2D eigenvalue weighted by atomic mass is 10.1. The van der Waals surface area contributed by atoms with Crippen molar-refractivity contribution in [3.63, 3.8) is 0 Å². The van der Waals surface area contributed by atoms with E-state index in [1.807, 2.05) is 30.3 Å². The first-order chi connectivity index (χ1) is 14.1. The van der Waals surface area contributed by atoms with Crippen LogP contribution in [0.4, 0.5) is 5.82 Å². The summed E-state index contributed by atoms with van der Waals surface area (Å²) in [6.45, 7) is 0.477. The van der Waals surface area contributed by atoms with Crippen molar-refractivity contribution in [3.8, 4) is 5.75 Å². The summed E-state index contributed by atoms with van der Waals surface area (Å²) in [5, 5.41) is 25.1. The number of fused-ring (bicyclic) bond motifs is 1. The van der Waals surface area contributed by atoms with E-state index >= 15 is 0 Å². The number of nitrogens with zero attached hydrogens (tertiary/aromatic N) is 5. The first-order valence-electron chi connectivity index (χ1n) is 8.31. The average molecular weight is 519 g/mol. The van der Waals surface area contributed by atoms with Gasteiger partial charge in [-0.3, -0.25) is 0 Å². The Bertz CT molecular complexity index is 1210. The van der Waals surface area contributed by atoms with Crippen LogP contribution in [0.3, 0.4) is 0 Å². The van der Waals surface area contributed by atoms with Gasteiger partial charge in [0.05, 0.1) is 4.47 Å². The zero-order valence-corrected chi connectivity index (χ0v) is 17.8. The van der Waals surface area contributed by atoms with Crippen LogP contribution in [0.2, 0.25) is 0 Å². The van der Waals surface area contributed by atoms with Crippen LogP contribution in [0.1, 0.15) is 16.8 Å². The first kappa shape index (κ1) is 19.3. The Hall–Kier alpha value is -3.05. The van der Waals surface area contributed by atoms with Crippen LogP contribution in [0, 0.1) is 0 Å². The number of hydrogen-bond acceptors (Lipinski definition) is 9. The van der Waals surface area contributed by atoms with Crippen molar-refractivity contribution in [2.45, 2.75) is 6.54 Å². The maximum atomic E-state index is 10.5. The fraction of sp³-hybridized carbons (Fsp3) is 0.0556. The molecule has 0 saturated heterocycles. The fourth-order valence-electron chi connectivity index (χ4n) is 2.71. The smallest absolute Gasteiger partial charge is 0.245 e. The van der Waals surface area contributed by atoms with Crippen molar-refractivity contribution in [1.82, 2.24) is 20.3 Å². The number of nitrogens with two attached hydrogens (primary N) is 1. The molecular weight excluding hydrogens is 506 g/mol. The highest BCUT2D eigenvalue weighted by Gasteiger charge is 2.22. The number of rotatable bonds is 5. The molecule has 9 nitrogen and oxygen atoms in total. The normalized spacial score (nSPS) is 11.7. The van der Waals surface area contributed by atoms with Gasteiger partial charge in [-0.15, -0.1) is 0 Å². The van der Waals surface area contributed by atoms with Crippen LogP contribution in [-0.4, -0.2) is 31.1 Å². The molecule has 4 N–H and O–H groups in total. The molecule has 2 aromatic heterocycles. The van der Waals surface area contributed by atoms with E-state index in [1.165, 1.54) is 0 Å². The van der Waals surface area contributed by atoms with Gasteiger partial charge >= 0.3 is 0 Å². The van der Waals surface area contributed by atoms with Crippen LogP contribution >= 0.6 is 31.9 Å². The third-order valence-electron chi connectivity index (χ3n) is 4.05. The third kappa shape index (κ3) is 3.91. The molecule has 4 aromatic rings. The topological polar surface area (TPSA) is 135 Å². The second kappa shape index (κ2) is 8.13. The largest absolute Gasteiger partial charge is 0.506 e. The molecular formula is C18H13Br2N7O2. The van der Waals surface area contributed by atoms with Gasteiger partial charge in [0.25, 0.3) is 0 Å². The van der Waals surface area contributed by atoms with E-state index in [0.717, 1.165) is 5.56 Å². The van der Waals surface area contributed by atoms with Crippen molar-refractivity contribution in [2.24, 2.45) is 10.9 Å². The second-order valence-corrected chi connectivity index (χ2v) is 7.70. The summed E-state index contributed by atoms with van der Waals surface area (Å²) >= 11 is 6.72. The molecule has 11 heteroatoms. The predicted molar refractivity (Wildman–Crippen MR) is 114 cm³/mol. The van der Waals surface area contributed by atoms with E-state index in [0.29, 0.717) is 32.6 Å².